The molecule has 0 aromatic heterocycles. The van der Waals surface area contributed by atoms with Gasteiger partial charge in [-0.3, -0.25) is 9.59 Å². The molecule has 0 radical (unpaired) electrons. The van der Waals surface area contributed by atoms with E-state index in [1.54, 1.807) is 6.92 Å². The number of rotatable bonds is 3. The number of ether oxygens (including phenoxy) is 1. The number of hydrogen-bond donors (Lipinski definition) is 1. The highest BCUT2D eigenvalue weighted by Gasteiger charge is 2.40. The zero-order valence-electron chi connectivity index (χ0n) is 8.16. The third-order valence-corrected chi connectivity index (χ3v) is 2.41. The quantitative estimate of drug-likeness (QED) is 0.547. The predicted molar refractivity (Wildman–Crippen MR) is 49.6 cm³/mol. The monoisotopic (exact) mass is 198 g/mol. The Kier molecular flexibility index (Phi) is 3.28. The van der Waals surface area contributed by atoms with E-state index in [9.17, 15) is 9.59 Å². The van der Waals surface area contributed by atoms with E-state index in [0.29, 0.717) is 12.8 Å². The molecule has 0 spiro atoms. The molecule has 0 heterocycles. The van der Waals surface area contributed by atoms with Crippen LogP contribution in [0.4, 0.5) is 0 Å². The highest BCUT2D eigenvalue weighted by atomic mass is 16.5. The van der Waals surface area contributed by atoms with E-state index in [-0.39, 0.29) is 6.61 Å². The van der Waals surface area contributed by atoms with Crippen molar-refractivity contribution in [1.29, 1.82) is 0 Å². The van der Waals surface area contributed by atoms with Crippen LogP contribution in [-0.2, 0) is 14.3 Å². The first kappa shape index (κ1) is 10.8. The van der Waals surface area contributed by atoms with Gasteiger partial charge in [0.2, 0.25) is 0 Å². The fourth-order valence-electron chi connectivity index (χ4n) is 1.75. The molecule has 1 rings (SSSR count). The highest BCUT2D eigenvalue weighted by Crippen LogP contribution is 2.35. The number of carbonyl (C=O) groups excluding carboxylic acids is 1. The normalized spacial score (nSPS) is 26.2. The van der Waals surface area contributed by atoms with Crippen LogP contribution in [0.2, 0.25) is 0 Å². The topological polar surface area (TPSA) is 63.6 Å². The van der Waals surface area contributed by atoms with Gasteiger partial charge in [-0.15, -0.1) is 0 Å². The van der Waals surface area contributed by atoms with Gasteiger partial charge in [0.25, 0.3) is 0 Å². The summed E-state index contributed by atoms with van der Waals surface area (Å²) in [5.41, 5.74) is 0.815. The minimum atomic E-state index is -0.943. The summed E-state index contributed by atoms with van der Waals surface area (Å²) in [5.74, 6) is -2.55. The van der Waals surface area contributed by atoms with Gasteiger partial charge in [0.05, 0.1) is 18.4 Å². The lowest BCUT2D eigenvalue weighted by Crippen LogP contribution is -2.26. The molecule has 2 atom stereocenters. The number of allylic oxidation sites excluding steroid dienone is 1. The fourth-order valence-corrected chi connectivity index (χ4v) is 1.75. The van der Waals surface area contributed by atoms with E-state index in [4.69, 9.17) is 9.84 Å². The Bertz CT molecular complexity index is 269. The maximum atomic E-state index is 11.4. The number of aliphatic carboxylic acids is 1. The summed E-state index contributed by atoms with van der Waals surface area (Å²) in [7, 11) is 0. The van der Waals surface area contributed by atoms with E-state index < -0.39 is 23.8 Å². The number of carboxylic acid groups (broad SMARTS) is 1. The van der Waals surface area contributed by atoms with Crippen molar-refractivity contribution < 1.29 is 19.4 Å². The first-order chi connectivity index (χ1) is 6.56. The summed E-state index contributed by atoms with van der Waals surface area (Å²) in [5, 5.41) is 8.87. The lowest BCUT2D eigenvalue weighted by molar-refractivity contribution is -0.156. The molecular weight excluding hydrogens is 184 g/mol. The van der Waals surface area contributed by atoms with Crippen molar-refractivity contribution in [2.75, 3.05) is 6.61 Å². The average molecular weight is 198 g/mol. The average Bonchev–Trinajstić information content (AvgIpc) is 2.48. The Morgan fingerprint density at radius 1 is 1.50 bits per heavy atom. The maximum absolute atomic E-state index is 11.4. The van der Waals surface area contributed by atoms with Gasteiger partial charge >= 0.3 is 11.9 Å². The Hall–Kier alpha value is -1.32. The Morgan fingerprint density at radius 2 is 2.07 bits per heavy atom. The van der Waals surface area contributed by atoms with Crippen LogP contribution in [0, 0.1) is 11.8 Å². The van der Waals surface area contributed by atoms with Crippen LogP contribution in [0.15, 0.2) is 12.2 Å². The molecular formula is C10H14O4. The molecule has 1 saturated carbocycles. The standard InChI is InChI=1S/C10H14O4/c1-3-14-10(13)8-5-6(2)4-7(8)9(11)12/h7-8H,2-5H2,1H3,(H,11,12). The third-order valence-electron chi connectivity index (χ3n) is 2.41. The first-order valence-electron chi connectivity index (χ1n) is 4.62. The molecule has 1 aliphatic rings. The summed E-state index contributed by atoms with van der Waals surface area (Å²) in [6.07, 6.45) is 0.828. The Labute approximate surface area is 82.6 Å². The number of hydrogen-bond acceptors (Lipinski definition) is 3. The van der Waals surface area contributed by atoms with Crippen LogP contribution in [0.25, 0.3) is 0 Å². The minimum absolute atomic E-state index is 0.286. The van der Waals surface area contributed by atoms with Gasteiger partial charge in [-0.25, -0.2) is 0 Å². The largest absolute Gasteiger partial charge is 0.481 e. The van der Waals surface area contributed by atoms with E-state index >= 15 is 0 Å². The van der Waals surface area contributed by atoms with Crippen molar-refractivity contribution in [2.45, 2.75) is 19.8 Å². The van der Waals surface area contributed by atoms with Gasteiger partial charge in [0.15, 0.2) is 0 Å². The zero-order chi connectivity index (χ0) is 10.7. The van der Waals surface area contributed by atoms with Gasteiger partial charge < -0.3 is 9.84 Å². The number of carboxylic acids is 1. The molecule has 1 fully saturated rings. The molecule has 4 heteroatoms. The molecule has 0 aromatic carbocycles. The van der Waals surface area contributed by atoms with Crippen molar-refractivity contribution >= 4 is 11.9 Å². The summed E-state index contributed by atoms with van der Waals surface area (Å²) in [6.45, 7) is 5.70. The highest BCUT2D eigenvalue weighted by molar-refractivity contribution is 5.82. The van der Waals surface area contributed by atoms with Gasteiger partial charge in [0.1, 0.15) is 0 Å². The lowest BCUT2D eigenvalue weighted by atomic mass is 9.96. The predicted octanol–water partition coefficient (Wildman–Crippen LogP) is 1.22. The van der Waals surface area contributed by atoms with E-state index in [1.807, 2.05) is 0 Å². The fraction of sp³-hybridized carbons (Fsp3) is 0.600. The summed E-state index contributed by atoms with van der Waals surface area (Å²) in [6, 6.07) is 0. The molecule has 78 valence electrons. The second-order valence-corrected chi connectivity index (χ2v) is 3.46. The van der Waals surface area contributed by atoms with Crippen LogP contribution in [0.5, 0.6) is 0 Å². The summed E-state index contributed by atoms with van der Waals surface area (Å²) >= 11 is 0. The summed E-state index contributed by atoms with van der Waals surface area (Å²) < 4.78 is 4.81. The van der Waals surface area contributed by atoms with Gasteiger partial charge in [-0.05, 0) is 19.8 Å². The van der Waals surface area contributed by atoms with E-state index in [1.165, 1.54) is 0 Å². The van der Waals surface area contributed by atoms with Crippen LogP contribution in [0.1, 0.15) is 19.8 Å². The van der Waals surface area contributed by atoms with E-state index in [0.717, 1.165) is 5.57 Å². The molecule has 0 aliphatic heterocycles. The maximum Gasteiger partial charge on any atom is 0.310 e. The second-order valence-electron chi connectivity index (χ2n) is 3.46. The minimum Gasteiger partial charge on any atom is -0.481 e. The van der Waals surface area contributed by atoms with Crippen molar-refractivity contribution in [3.05, 3.63) is 12.2 Å². The molecule has 2 unspecified atom stereocenters. The van der Waals surface area contributed by atoms with Crippen molar-refractivity contribution in [2.24, 2.45) is 11.8 Å². The third kappa shape index (κ3) is 2.13. The molecule has 1 N–H and O–H groups in total. The zero-order valence-corrected chi connectivity index (χ0v) is 8.16. The molecule has 0 bridgehead atoms. The van der Waals surface area contributed by atoms with Crippen LogP contribution in [-0.4, -0.2) is 23.7 Å². The molecule has 0 amide bonds. The molecule has 4 nitrogen and oxygen atoms in total. The SMILES string of the molecule is C=C1CC(C(=O)O)C(C(=O)OCC)C1. The molecule has 0 aromatic rings. The van der Waals surface area contributed by atoms with Crippen LogP contribution in [0.3, 0.4) is 0 Å². The Balaban J connectivity index is 2.71. The molecule has 14 heavy (non-hydrogen) atoms. The molecule has 0 saturated heterocycles. The number of carbonyl (C=O) groups is 2. The smallest absolute Gasteiger partial charge is 0.310 e. The van der Waals surface area contributed by atoms with Crippen molar-refractivity contribution in [3.63, 3.8) is 0 Å². The van der Waals surface area contributed by atoms with Gasteiger partial charge in [-0.2, -0.15) is 0 Å². The van der Waals surface area contributed by atoms with Gasteiger partial charge in [-0.1, -0.05) is 12.2 Å². The Morgan fingerprint density at radius 3 is 2.57 bits per heavy atom. The van der Waals surface area contributed by atoms with Crippen LogP contribution < -0.4 is 0 Å². The second kappa shape index (κ2) is 4.26. The van der Waals surface area contributed by atoms with Crippen molar-refractivity contribution in [1.82, 2.24) is 0 Å². The van der Waals surface area contributed by atoms with E-state index in [2.05, 4.69) is 6.58 Å². The summed E-state index contributed by atoms with van der Waals surface area (Å²) in [4.78, 5) is 22.2. The molecule has 1 aliphatic carbocycles. The van der Waals surface area contributed by atoms with Gasteiger partial charge in [0, 0.05) is 0 Å². The number of esters is 1. The van der Waals surface area contributed by atoms with Crippen molar-refractivity contribution in [3.8, 4) is 0 Å². The van der Waals surface area contributed by atoms with Crippen LogP contribution >= 0.6 is 0 Å². The first-order valence-corrected chi connectivity index (χ1v) is 4.62. The lowest BCUT2D eigenvalue weighted by Gasteiger charge is -2.13.